The third kappa shape index (κ3) is 5.05. The van der Waals surface area contributed by atoms with Gasteiger partial charge in [-0.3, -0.25) is 19.0 Å². The predicted octanol–water partition coefficient (Wildman–Crippen LogP) is 1.80. The Morgan fingerprint density at radius 1 is 1.10 bits per heavy atom. The molecule has 0 fully saturated rings. The van der Waals surface area contributed by atoms with E-state index in [-0.39, 0.29) is 30.3 Å². The Balaban J connectivity index is 1.65. The number of fused-ring (bicyclic) bond motifs is 1. The van der Waals surface area contributed by atoms with Gasteiger partial charge >= 0.3 is 0 Å². The predicted molar refractivity (Wildman–Crippen MR) is 110 cm³/mol. The summed E-state index contributed by atoms with van der Waals surface area (Å²) in [6.07, 6.45) is 1.51. The first-order valence-electron chi connectivity index (χ1n) is 9.20. The van der Waals surface area contributed by atoms with Gasteiger partial charge in [0.05, 0.1) is 35.1 Å². The number of aromatic nitrogens is 2. The maximum absolute atomic E-state index is 12.5. The van der Waals surface area contributed by atoms with Gasteiger partial charge in [-0.2, -0.15) is 0 Å². The van der Waals surface area contributed by atoms with Crippen LogP contribution in [0.25, 0.3) is 10.9 Å². The second-order valence-corrected chi connectivity index (χ2v) is 6.35. The summed E-state index contributed by atoms with van der Waals surface area (Å²) in [5.74, 6) is -0.602. The molecule has 2 N–H and O–H groups in total. The normalized spacial score (nSPS) is 10.7. The van der Waals surface area contributed by atoms with Crippen molar-refractivity contribution in [3.05, 3.63) is 70.8 Å². The molecule has 0 saturated carbocycles. The van der Waals surface area contributed by atoms with E-state index in [9.17, 15) is 14.4 Å². The molecule has 0 radical (unpaired) electrons. The summed E-state index contributed by atoms with van der Waals surface area (Å²) in [4.78, 5) is 41.4. The smallest absolute Gasteiger partial charge is 0.261 e. The first-order valence-corrected chi connectivity index (χ1v) is 9.20. The summed E-state index contributed by atoms with van der Waals surface area (Å²) < 4.78 is 6.32. The number of aryl methyl sites for hydroxylation is 1. The Labute approximate surface area is 167 Å². The lowest BCUT2D eigenvalue weighted by Crippen LogP contribution is -2.28. The molecule has 1 heterocycles. The Bertz CT molecular complexity index is 1080. The van der Waals surface area contributed by atoms with Crippen LogP contribution in [0.1, 0.15) is 16.8 Å². The highest BCUT2D eigenvalue weighted by atomic mass is 16.5. The molecule has 150 valence electrons. The number of carbonyl (C=O) groups is 2. The summed E-state index contributed by atoms with van der Waals surface area (Å²) in [7, 11) is 1.55. The largest absolute Gasteiger partial charge is 0.383 e. The molecule has 3 rings (SSSR count). The van der Waals surface area contributed by atoms with Gasteiger partial charge in [0, 0.05) is 26.6 Å². The highest BCUT2D eigenvalue weighted by Gasteiger charge is 2.13. The van der Waals surface area contributed by atoms with Crippen molar-refractivity contribution in [3.8, 4) is 0 Å². The first-order chi connectivity index (χ1) is 14.1. The molecular weight excluding hydrogens is 372 g/mol. The number of nitrogens with one attached hydrogen (secondary N) is 2. The van der Waals surface area contributed by atoms with Gasteiger partial charge in [0.25, 0.3) is 11.5 Å². The fraction of sp³-hybridized carbons (Fsp3) is 0.238. The van der Waals surface area contributed by atoms with Crippen LogP contribution < -0.4 is 16.2 Å². The summed E-state index contributed by atoms with van der Waals surface area (Å²) >= 11 is 0. The van der Waals surface area contributed by atoms with Crippen molar-refractivity contribution in [1.29, 1.82) is 0 Å². The molecule has 0 aliphatic rings. The lowest BCUT2D eigenvalue weighted by atomic mass is 10.1. The van der Waals surface area contributed by atoms with Crippen LogP contribution in [0.2, 0.25) is 0 Å². The first kappa shape index (κ1) is 20.2. The van der Waals surface area contributed by atoms with Gasteiger partial charge in [-0.05, 0) is 24.3 Å². The number of carbonyl (C=O) groups excluding carboxylic acids is 2. The summed E-state index contributed by atoms with van der Waals surface area (Å²) in [5, 5.41) is 5.98. The maximum atomic E-state index is 12.5. The zero-order chi connectivity index (χ0) is 20.6. The van der Waals surface area contributed by atoms with E-state index in [1.165, 1.54) is 10.9 Å². The highest BCUT2D eigenvalue weighted by Crippen LogP contribution is 2.15. The van der Waals surface area contributed by atoms with Crippen molar-refractivity contribution in [2.24, 2.45) is 0 Å². The van der Waals surface area contributed by atoms with Crippen LogP contribution in [0.5, 0.6) is 0 Å². The van der Waals surface area contributed by atoms with Gasteiger partial charge in [0.2, 0.25) is 5.91 Å². The van der Waals surface area contributed by atoms with Crippen molar-refractivity contribution in [2.45, 2.75) is 13.0 Å². The SMILES string of the molecule is COCCNC(=O)c1ccccc1NC(=O)CCn1cnc2ccccc2c1=O. The fourth-order valence-corrected chi connectivity index (χ4v) is 2.85. The lowest BCUT2D eigenvalue weighted by Gasteiger charge is -2.12. The number of rotatable bonds is 8. The van der Waals surface area contributed by atoms with Gasteiger partial charge < -0.3 is 15.4 Å². The molecule has 0 unspecified atom stereocenters. The van der Waals surface area contributed by atoms with Crippen molar-refractivity contribution >= 4 is 28.4 Å². The van der Waals surface area contributed by atoms with Crippen LogP contribution in [0.3, 0.4) is 0 Å². The number of hydrogen-bond acceptors (Lipinski definition) is 5. The molecule has 0 aliphatic heterocycles. The van der Waals surface area contributed by atoms with Crippen LogP contribution in [0.4, 0.5) is 5.69 Å². The van der Waals surface area contributed by atoms with Crippen molar-refractivity contribution in [3.63, 3.8) is 0 Å². The van der Waals surface area contributed by atoms with Crippen LogP contribution in [-0.4, -0.2) is 41.6 Å². The average molecular weight is 394 g/mol. The Hall–Kier alpha value is -3.52. The van der Waals surface area contributed by atoms with Crippen LogP contribution in [-0.2, 0) is 16.1 Å². The molecule has 0 aliphatic carbocycles. The van der Waals surface area contributed by atoms with Gasteiger partial charge in [-0.1, -0.05) is 24.3 Å². The number of anilines is 1. The minimum absolute atomic E-state index is 0.0690. The minimum Gasteiger partial charge on any atom is -0.383 e. The summed E-state index contributed by atoms with van der Waals surface area (Å²) in [6, 6.07) is 13.8. The van der Waals surface area contributed by atoms with E-state index in [0.29, 0.717) is 35.3 Å². The highest BCUT2D eigenvalue weighted by molar-refractivity contribution is 6.03. The summed E-state index contributed by atoms with van der Waals surface area (Å²) in [6.45, 7) is 0.953. The van der Waals surface area contributed by atoms with E-state index in [4.69, 9.17) is 4.74 Å². The third-order valence-corrected chi connectivity index (χ3v) is 4.35. The zero-order valence-electron chi connectivity index (χ0n) is 16.1. The van der Waals surface area contributed by atoms with E-state index in [0.717, 1.165) is 0 Å². The second-order valence-electron chi connectivity index (χ2n) is 6.35. The number of methoxy groups -OCH3 is 1. The quantitative estimate of drug-likeness (QED) is 0.567. The molecule has 2 amide bonds. The van der Waals surface area contributed by atoms with Crippen molar-refractivity contribution in [1.82, 2.24) is 14.9 Å². The van der Waals surface area contributed by atoms with Gasteiger partial charge in [-0.15, -0.1) is 0 Å². The molecule has 1 aromatic heterocycles. The molecule has 29 heavy (non-hydrogen) atoms. The molecule has 0 atom stereocenters. The van der Waals surface area contributed by atoms with Crippen molar-refractivity contribution in [2.75, 3.05) is 25.6 Å². The molecular formula is C21H22N4O4. The molecule has 0 spiro atoms. The van der Waals surface area contributed by atoms with Gasteiger partial charge in [0.1, 0.15) is 0 Å². The van der Waals surface area contributed by atoms with Crippen molar-refractivity contribution < 1.29 is 14.3 Å². The molecule has 8 heteroatoms. The summed E-state index contributed by atoms with van der Waals surface area (Å²) in [5.41, 5.74) is 1.20. The van der Waals surface area contributed by atoms with E-state index in [1.807, 2.05) is 6.07 Å². The maximum Gasteiger partial charge on any atom is 0.261 e. The topological polar surface area (TPSA) is 102 Å². The van der Waals surface area contributed by atoms with E-state index in [2.05, 4.69) is 15.6 Å². The Morgan fingerprint density at radius 2 is 1.86 bits per heavy atom. The number of nitrogens with zero attached hydrogens (tertiary/aromatic N) is 2. The van der Waals surface area contributed by atoms with E-state index in [1.54, 1.807) is 49.6 Å². The third-order valence-electron chi connectivity index (χ3n) is 4.35. The number of hydrogen-bond donors (Lipinski definition) is 2. The molecule has 2 aromatic carbocycles. The number of para-hydroxylation sites is 2. The number of benzene rings is 2. The minimum atomic E-state index is -0.304. The standard InChI is InChI=1S/C21H22N4O4/c1-29-13-11-22-20(27)15-6-2-5-9-18(15)24-19(26)10-12-25-14-23-17-8-4-3-7-16(17)21(25)28/h2-9,14H,10-13H2,1H3,(H,22,27)(H,24,26). The Kier molecular flexibility index (Phi) is 6.70. The fourth-order valence-electron chi connectivity index (χ4n) is 2.85. The van der Waals surface area contributed by atoms with E-state index >= 15 is 0 Å². The second kappa shape index (κ2) is 9.61. The Morgan fingerprint density at radius 3 is 2.69 bits per heavy atom. The van der Waals surface area contributed by atoms with E-state index < -0.39 is 0 Å². The lowest BCUT2D eigenvalue weighted by molar-refractivity contribution is -0.116. The van der Waals surface area contributed by atoms with Crippen LogP contribution >= 0.6 is 0 Å². The number of amides is 2. The number of ether oxygens (including phenoxy) is 1. The molecule has 0 bridgehead atoms. The van der Waals surface area contributed by atoms with Crippen LogP contribution in [0.15, 0.2) is 59.7 Å². The molecule has 0 saturated heterocycles. The average Bonchev–Trinajstić information content (AvgIpc) is 2.74. The van der Waals surface area contributed by atoms with Crippen LogP contribution in [0, 0.1) is 0 Å². The monoisotopic (exact) mass is 394 g/mol. The van der Waals surface area contributed by atoms with Gasteiger partial charge in [-0.25, -0.2) is 4.98 Å². The molecule has 8 nitrogen and oxygen atoms in total. The zero-order valence-corrected chi connectivity index (χ0v) is 16.1. The van der Waals surface area contributed by atoms with Gasteiger partial charge in [0.15, 0.2) is 0 Å². The molecule has 3 aromatic rings.